The molecule has 0 spiro atoms. The molecular formula is C27H29NO4. The van der Waals surface area contributed by atoms with Crippen molar-refractivity contribution < 1.29 is 19.4 Å². The molecule has 1 amide bonds. The van der Waals surface area contributed by atoms with Crippen molar-refractivity contribution in [1.29, 1.82) is 0 Å². The quantitative estimate of drug-likeness (QED) is 0.418. The molecule has 3 aliphatic rings. The third-order valence-electron chi connectivity index (χ3n) is 6.99. The number of aliphatic hydroxyl groups excluding tert-OH is 1. The van der Waals surface area contributed by atoms with E-state index in [1.165, 1.54) is 0 Å². The van der Waals surface area contributed by atoms with Gasteiger partial charge in [-0.25, -0.2) is 0 Å². The molecule has 2 fully saturated rings. The molecule has 5 nitrogen and oxygen atoms in total. The fourth-order valence-electron chi connectivity index (χ4n) is 5.42. The van der Waals surface area contributed by atoms with Crippen LogP contribution in [0.15, 0.2) is 48.0 Å². The second-order valence-electron chi connectivity index (χ2n) is 9.19. The van der Waals surface area contributed by atoms with Crippen molar-refractivity contribution in [3.8, 4) is 5.75 Å². The van der Waals surface area contributed by atoms with Crippen molar-refractivity contribution in [2.75, 3.05) is 6.61 Å². The van der Waals surface area contributed by atoms with Gasteiger partial charge in [-0.05, 0) is 61.9 Å². The molecule has 1 atom stereocenters. The van der Waals surface area contributed by atoms with Crippen LogP contribution in [0.1, 0.15) is 66.8 Å². The van der Waals surface area contributed by atoms with Gasteiger partial charge in [0.15, 0.2) is 0 Å². The van der Waals surface area contributed by atoms with Crippen LogP contribution in [0, 0.1) is 6.92 Å². The Morgan fingerprint density at radius 2 is 1.84 bits per heavy atom. The Hall–Kier alpha value is -3.08. The summed E-state index contributed by atoms with van der Waals surface area (Å²) in [6, 6.07) is 12.9. The van der Waals surface area contributed by atoms with Gasteiger partial charge < -0.3 is 14.7 Å². The molecule has 2 aromatic carbocycles. The van der Waals surface area contributed by atoms with Crippen LogP contribution in [0.4, 0.5) is 0 Å². The largest absolute Gasteiger partial charge is 0.507 e. The zero-order chi connectivity index (χ0) is 22.2. The first-order valence-electron chi connectivity index (χ1n) is 11.7. The molecule has 2 heterocycles. The molecule has 5 rings (SSSR count). The molecule has 1 unspecified atom stereocenters. The van der Waals surface area contributed by atoms with Crippen LogP contribution in [0.5, 0.6) is 5.75 Å². The number of Topliss-reactive ketones (excluding diaryl/α,β-unsaturated/α-hetero) is 1. The zero-order valence-electron chi connectivity index (χ0n) is 18.5. The number of benzene rings is 2. The lowest BCUT2D eigenvalue weighted by atomic mass is 9.90. The number of aliphatic hydroxyl groups is 1. The third-order valence-corrected chi connectivity index (χ3v) is 6.99. The van der Waals surface area contributed by atoms with Gasteiger partial charge >= 0.3 is 0 Å². The van der Waals surface area contributed by atoms with Gasteiger partial charge in [0.25, 0.3) is 11.7 Å². The number of likely N-dealkylation sites (tertiary alicyclic amines) is 1. The van der Waals surface area contributed by atoms with Crippen LogP contribution in [0.2, 0.25) is 0 Å². The molecule has 5 heteroatoms. The van der Waals surface area contributed by atoms with E-state index in [1.807, 2.05) is 43.3 Å². The van der Waals surface area contributed by atoms with Crippen molar-refractivity contribution in [3.63, 3.8) is 0 Å². The van der Waals surface area contributed by atoms with Crippen molar-refractivity contribution in [2.24, 2.45) is 0 Å². The van der Waals surface area contributed by atoms with Crippen molar-refractivity contribution >= 4 is 17.4 Å². The summed E-state index contributed by atoms with van der Waals surface area (Å²) >= 11 is 0. The van der Waals surface area contributed by atoms with E-state index in [0.29, 0.717) is 12.2 Å². The summed E-state index contributed by atoms with van der Waals surface area (Å²) in [6.07, 6.45) is 6.85. The Balaban J connectivity index is 1.64. The van der Waals surface area contributed by atoms with E-state index >= 15 is 0 Å². The van der Waals surface area contributed by atoms with Crippen molar-refractivity contribution in [1.82, 2.24) is 4.90 Å². The van der Waals surface area contributed by atoms with E-state index in [9.17, 15) is 14.7 Å². The minimum Gasteiger partial charge on any atom is -0.507 e. The lowest BCUT2D eigenvalue weighted by Crippen LogP contribution is -2.40. The van der Waals surface area contributed by atoms with Crippen LogP contribution >= 0.6 is 0 Å². The number of ketones is 1. The first-order valence-corrected chi connectivity index (χ1v) is 11.7. The Labute approximate surface area is 188 Å². The molecule has 166 valence electrons. The fraction of sp³-hybridized carbons (Fsp3) is 0.407. The number of nitrogens with zero attached hydrogens (tertiary/aromatic N) is 1. The summed E-state index contributed by atoms with van der Waals surface area (Å²) in [5.74, 6) is -0.355. The second-order valence-corrected chi connectivity index (χ2v) is 9.19. The molecule has 1 saturated carbocycles. The Morgan fingerprint density at radius 1 is 1.03 bits per heavy atom. The standard InChI is InChI=1S/C27H29NO4/c1-17-7-5-8-19(15-17)24-23(26(30)27(31)28(24)21-10-3-2-4-11-21)25(29)20-12-13-22-18(16-20)9-6-14-32-22/h5,7-8,12-13,15-16,21,24,29H,2-4,6,9-11,14H2,1H3/b25-23-. The van der Waals surface area contributed by atoms with Gasteiger partial charge in [-0.1, -0.05) is 49.1 Å². The number of carbonyl (C=O) groups excluding carboxylic acids is 2. The van der Waals surface area contributed by atoms with E-state index in [2.05, 4.69) is 0 Å². The highest BCUT2D eigenvalue weighted by Crippen LogP contribution is 2.43. The Kier molecular flexibility index (Phi) is 5.50. The second kappa shape index (κ2) is 8.45. The van der Waals surface area contributed by atoms with E-state index in [1.54, 1.807) is 11.0 Å². The van der Waals surface area contributed by atoms with Crippen LogP contribution in [-0.4, -0.2) is 34.3 Å². The van der Waals surface area contributed by atoms with Gasteiger partial charge in [0.1, 0.15) is 11.5 Å². The van der Waals surface area contributed by atoms with Crippen molar-refractivity contribution in [3.05, 3.63) is 70.3 Å². The minimum atomic E-state index is -0.589. The third kappa shape index (κ3) is 3.60. The molecule has 1 saturated heterocycles. The highest BCUT2D eigenvalue weighted by molar-refractivity contribution is 6.46. The lowest BCUT2D eigenvalue weighted by molar-refractivity contribution is -0.141. The highest BCUT2D eigenvalue weighted by Gasteiger charge is 2.48. The van der Waals surface area contributed by atoms with E-state index < -0.39 is 17.7 Å². The average Bonchev–Trinajstić information content (AvgIpc) is 3.09. The summed E-state index contributed by atoms with van der Waals surface area (Å²) in [4.78, 5) is 28.3. The number of aryl methyl sites for hydroxylation is 2. The average molecular weight is 432 g/mol. The van der Waals surface area contributed by atoms with Gasteiger partial charge in [0, 0.05) is 11.6 Å². The number of hydrogen-bond donors (Lipinski definition) is 1. The minimum absolute atomic E-state index is 0.0212. The maximum Gasteiger partial charge on any atom is 0.295 e. The smallest absolute Gasteiger partial charge is 0.295 e. The molecule has 1 aliphatic carbocycles. The number of carbonyl (C=O) groups is 2. The highest BCUT2D eigenvalue weighted by atomic mass is 16.5. The van der Waals surface area contributed by atoms with Gasteiger partial charge in [0.05, 0.1) is 18.2 Å². The van der Waals surface area contributed by atoms with E-state index in [4.69, 9.17) is 4.74 Å². The molecule has 0 bridgehead atoms. The molecule has 0 aromatic heterocycles. The molecule has 2 aliphatic heterocycles. The van der Waals surface area contributed by atoms with Crippen LogP contribution in [-0.2, 0) is 16.0 Å². The summed E-state index contributed by atoms with van der Waals surface area (Å²) < 4.78 is 5.69. The number of rotatable bonds is 3. The monoisotopic (exact) mass is 431 g/mol. The van der Waals surface area contributed by atoms with Crippen molar-refractivity contribution in [2.45, 2.75) is 64.0 Å². The predicted octanol–water partition coefficient (Wildman–Crippen LogP) is 5.07. The summed E-state index contributed by atoms with van der Waals surface area (Å²) in [6.45, 7) is 2.69. The Bertz CT molecular complexity index is 1100. The number of ether oxygens (including phenoxy) is 1. The topological polar surface area (TPSA) is 66.8 Å². The van der Waals surface area contributed by atoms with Gasteiger partial charge in [-0.2, -0.15) is 0 Å². The summed E-state index contributed by atoms with van der Waals surface area (Å²) in [7, 11) is 0. The molecule has 32 heavy (non-hydrogen) atoms. The van der Waals surface area contributed by atoms with E-state index in [0.717, 1.165) is 67.4 Å². The predicted molar refractivity (Wildman–Crippen MR) is 122 cm³/mol. The van der Waals surface area contributed by atoms with Gasteiger partial charge in [-0.3, -0.25) is 9.59 Å². The number of amides is 1. The Morgan fingerprint density at radius 3 is 2.62 bits per heavy atom. The first-order chi connectivity index (χ1) is 15.5. The molecule has 0 radical (unpaired) electrons. The SMILES string of the molecule is Cc1cccc(C2/C(=C(/O)c3ccc4c(c3)CCCO4)C(=O)C(=O)N2C2CCCCC2)c1. The molecule has 1 N–H and O–H groups in total. The normalized spacial score (nSPS) is 23.2. The van der Waals surface area contributed by atoms with Gasteiger partial charge in [0.2, 0.25) is 0 Å². The van der Waals surface area contributed by atoms with Gasteiger partial charge in [-0.15, -0.1) is 0 Å². The summed E-state index contributed by atoms with van der Waals surface area (Å²) in [5.41, 5.74) is 3.71. The maximum atomic E-state index is 13.3. The molecular weight excluding hydrogens is 402 g/mol. The molecule has 2 aromatic rings. The van der Waals surface area contributed by atoms with E-state index in [-0.39, 0.29) is 17.4 Å². The lowest BCUT2D eigenvalue weighted by Gasteiger charge is -2.35. The van der Waals surface area contributed by atoms with Crippen LogP contribution < -0.4 is 4.74 Å². The van der Waals surface area contributed by atoms with Crippen LogP contribution in [0.3, 0.4) is 0 Å². The fourth-order valence-corrected chi connectivity index (χ4v) is 5.42. The zero-order valence-corrected chi connectivity index (χ0v) is 18.5. The van der Waals surface area contributed by atoms with Crippen LogP contribution in [0.25, 0.3) is 5.76 Å². The first kappa shape index (κ1) is 20.8. The number of fused-ring (bicyclic) bond motifs is 1. The number of hydrogen-bond acceptors (Lipinski definition) is 4. The maximum absolute atomic E-state index is 13.3. The summed E-state index contributed by atoms with van der Waals surface area (Å²) in [5, 5.41) is 11.4.